The molecular formula is C19H27N3O3. The van der Waals surface area contributed by atoms with E-state index in [-0.39, 0.29) is 23.9 Å². The van der Waals surface area contributed by atoms with Crippen LogP contribution in [0.15, 0.2) is 24.3 Å². The minimum absolute atomic E-state index is 0.00475. The number of piperidine rings is 1. The molecule has 0 aromatic heterocycles. The van der Waals surface area contributed by atoms with E-state index in [1.54, 1.807) is 26.1 Å². The lowest BCUT2D eigenvalue weighted by molar-refractivity contribution is -0.126. The fourth-order valence-electron chi connectivity index (χ4n) is 3.59. The van der Waals surface area contributed by atoms with Gasteiger partial charge in [-0.2, -0.15) is 0 Å². The van der Waals surface area contributed by atoms with Crippen molar-refractivity contribution in [3.05, 3.63) is 29.8 Å². The first kappa shape index (κ1) is 17.6. The number of nitrogens with one attached hydrogen (secondary N) is 1. The molecule has 2 atom stereocenters. The number of amides is 3. The second-order valence-corrected chi connectivity index (χ2v) is 7.14. The van der Waals surface area contributed by atoms with Crippen LogP contribution in [0.3, 0.4) is 0 Å². The highest BCUT2D eigenvalue weighted by Gasteiger charge is 2.42. The van der Waals surface area contributed by atoms with E-state index in [9.17, 15) is 9.59 Å². The van der Waals surface area contributed by atoms with E-state index in [2.05, 4.69) is 11.4 Å². The molecule has 25 heavy (non-hydrogen) atoms. The number of para-hydroxylation sites is 1. The molecular weight excluding hydrogens is 318 g/mol. The SMILES string of the molecule is COc1ccccc1[C@H]1C[C@H]1NC(=O)C1CCN(C(=O)N(C)C)CC1. The molecule has 0 spiro atoms. The maximum Gasteiger partial charge on any atom is 0.319 e. The van der Waals surface area contributed by atoms with Crippen LogP contribution >= 0.6 is 0 Å². The van der Waals surface area contributed by atoms with E-state index in [1.165, 1.54) is 5.56 Å². The molecule has 1 N–H and O–H groups in total. The molecule has 0 unspecified atom stereocenters. The Morgan fingerprint density at radius 1 is 1.20 bits per heavy atom. The van der Waals surface area contributed by atoms with Gasteiger partial charge in [0.1, 0.15) is 5.75 Å². The van der Waals surface area contributed by atoms with Gasteiger partial charge in [0, 0.05) is 45.1 Å². The Morgan fingerprint density at radius 3 is 2.52 bits per heavy atom. The molecule has 2 fully saturated rings. The number of benzene rings is 1. The van der Waals surface area contributed by atoms with Crippen LogP contribution < -0.4 is 10.1 Å². The average molecular weight is 345 g/mol. The first-order valence-corrected chi connectivity index (χ1v) is 8.90. The average Bonchev–Trinajstić information content (AvgIpc) is 3.39. The maximum atomic E-state index is 12.5. The third-order valence-electron chi connectivity index (χ3n) is 5.18. The number of likely N-dealkylation sites (tertiary alicyclic amines) is 1. The van der Waals surface area contributed by atoms with Gasteiger partial charge in [0.25, 0.3) is 0 Å². The summed E-state index contributed by atoms with van der Waals surface area (Å²) in [4.78, 5) is 27.9. The van der Waals surface area contributed by atoms with Crippen molar-refractivity contribution >= 4 is 11.9 Å². The fourth-order valence-corrected chi connectivity index (χ4v) is 3.59. The maximum absolute atomic E-state index is 12.5. The first-order valence-electron chi connectivity index (χ1n) is 8.90. The molecule has 3 amide bonds. The molecule has 6 nitrogen and oxygen atoms in total. The number of methoxy groups -OCH3 is 1. The molecule has 6 heteroatoms. The lowest BCUT2D eigenvalue weighted by atomic mass is 9.96. The first-order chi connectivity index (χ1) is 12.0. The number of rotatable bonds is 4. The zero-order valence-corrected chi connectivity index (χ0v) is 15.2. The number of nitrogens with zero attached hydrogens (tertiary/aromatic N) is 2. The number of carbonyl (C=O) groups excluding carboxylic acids is 2. The van der Waals surface area contributed by atoms with Crippen molar-refractivity contribution < 1.29 is 14.3 Å². The van der Waals surface area contributed by atoms with Crippen molar-refractivity contribution in [2.45, 2.75) is 31.2 Å². The van der Waals surface area contributed by atoms with Crippen LogP contribution in [0.5, 0.6) is 5.75 Å². The van der Waals surface area contributed by atoms with Crippen LogP contribution in [0.25, 0.3) is 0 Å². The summed E-state index contributed by atoms with van der Waals surface area (Å²) >= 11 is 0. The van der Waals surface area contributed by atoms with Gasteiger partial charge in [-0.3, -0.25) is 4.79 Å². The topological polar surface area (TPSA) is 61.9 Å². The Morgan fingerprint density at radius 2 is 1.88 bits per heavy atom. The van der Waals surface area contributed by atoms with E-state index in [1.807, 2.05) is 23.1 Å². The molecule has 1 aromatic rings. The predicted molar refractivity (Wildman–Crippen MR) is 95.7 cm³/mol. The molecule has 1 saturated heterocycles. The summed E-state index contributed by atoms with van der Waals surface area (Å²) in [6.45, 7) is 1.30. The number of hydrogen-bond donors (Lipinski definition) is 1. The monoisotopic (exact) mass is 345 g/mol. The molecule has 1 aliphatic heterocycles. The summed E-state index contributed by atoms with van der Waals surface area (Å²) in [7, 11) is 5.19. The van der Waals surface area contributed by atoms with Crippen molar-refractivity contribution in [2.75, 3.05) is 34.3 Å². The fraction of sp³-hybridized carbons (Fsp3) is 0.579. The normalized spacial score (nSPS) is 23.1. The lowest BCUT2D eigenvalue weighted by Gasteiger charge is -2.33. The molecule has 136 valence electrons. The standard InChI is InChI=1S/C19H27N3O3/c1-21(2)19(24)22-10-8-13(9-11-22)18(23)20-16-12-15(16)14-6-4-5-7-17(14)25-3/h4-7,13,15-16H,8-12H2,1-3H3,(H,20,23)/t15-,16-/m1/s1. The van der Waals surface area contributed by atoms with Crippen molar-refractivity contribution in [2.24, 2.45) is 5.92 Å². The van der Waals surface area contributed by atoms with Crippen LogP contribution in [0.2, 0.25) is 0 Å². The molecule has 1 aromatic carbocycles. The summed E-state index contributed by atoms with van der Waals surface area (Å²) in [6, 6.07) is 8.22. The number of carbonyl (C=O) groups is 2. The third-order valence-corrected chi connectivity index (χ3v) is 5.18. The Hall–Kier alpha value is -2.24. The summed E-state index contributed by atoms with van der Waals surface area (Å²) < 4.78 is 5.42. The second-order valence-electron chi connectivity index (χ2n) is 7.14. The van der Waals surface area contributed by atoms with Crippen LogP contribution in [0.4, 0.5) is 4.79 Å². The highest BCUT2D eigenvalue weighted by Crippen LogP contribution is 2.44. The van der Waals surface area contributed by atoms with Gasteiger partial charge in [0.05, 0.1) is 7.11 Å². The van der Waals surface area contributed by atoms with E-state index < -0.39 is 0 Å². The van der Waals surface area contributed by atoms with E-state index in [0.717, 1.165) is 25.0 Å². The molecule has 3 rings (SSSR count). The van der Waals surface area contributed by atoms with E-state index >= 15 is 0 Å². The Bertz CT molecular complexity index is 639. The van der Waals surface area contributed by atoms with Gasteiger partial charge in [0.2, 0.25) is 5.91 Å². The van der Waals surface area contributed by atoms with Gasteiger partial charge < -0.3 is 19.9 Å². The van der Waals surface area contributed by atoms with Crippen LogP contribution in [-0.2, 0) is 4.79 Å². The minimum Gasteiger partial charge on any atom is -0.496 e. The van der Waals surface area contributed by atoms with Gasteiger partial charge in [-0.15, -0.1) is 0 Å². The van der Waals surface area contributed by atoms with Crippen LogP contribution in [0, 0.1) is 5.92 Å². The Balaban J connectivity index is 1.49. The van der Waals surface area contributed by atoms with Crippen LogP contribution in [0.1, 0.15) is 30.7 Å². The molecule has 2 aliphatic rings. The van der Waals surface area contributed by atoms with Crippen molar-refractivity contribution in [3.63, 3.8) is 0 Å². The van der Waals surface area contributed by atoms with Crippen LogP contribution in [-0.4, -0.2) is 62.1 Å². The predicted octanol–water partition coefficient (Wildman–Crippen LogP) is 2.06. The van der Waals surface area contributed by atoms with Gasteiger partial charge in [-0.1, -0.05) is 18.2 Å². The molecule has 0 bridgehead atoms. The van der Waals surface area contributed by atoms with E-state index in [4.69, 9.17) is 4.74 Å². The van der Waals surface area contributed by atoms with E-state index in [0.29, 0.717) is 19.0 Å². The summed E-state index contributed by atoms with van der Waals surface area (Å²) in [6.07, 6.45) is 2.43. The summed E-state index contributed by atoms with van der Waals surface area (Å²) in [5, 5.41) is 3.18. The summed E-state index contributed by atoms with van der Waals surface area (Å²) in [5.74, 6) is 1.36. The molecule has 1 saturated carbocycles. The number of ether oxygens (including phenoxy) is 1. The zero-order valence-electron chi connectivity index (χ0n) is 15.2. The zero-order chi connectivity index (χ0) is 18.0. The highest BCUT2D eigenvalue weighted by molar-refractivity contribution is 5.80. The van der Waals surface area contributed by atoms with Gasteiger partial charge in [-0.05, 0) is 30.9 Å². The number of urea groups is 1. The summed E-state index contributed by atoms with van der Waals surface area (Å²) in [5.41, 5.74) is 1.17. The minimum atomic E-state index is 0.00475. The quantitative estimate of drug-likeness (QED) is 0.909. The van der Waals surface area contributed by atoms with Gasteiger partial charge in [0.15, 0.2) is 0 Å². The Labute approximate surface area is 149 Å². The second kappa shape index (κ2) is 7.33. The molecule has 0 radical (unpaired) electrons. The van der Waals surface area contributed by atoms with Gasteiger partial charge >= 0.3 is 6.03 Å². The van der Waals surface area contributed by atoms with Crippen molar-refractivity contribution in [1.82, 2.24) is 15.1 Å². The van der Waals surface area contributed by atoms with Crippen molar-refractivity contribution in [3.8, 4) is 5.75 Å². The smallest absolute Gasteiger partial charge is 0.319 e. The molecule has 1 heterocycles. The Kier molecular flexibility index (Phi) is 5.16. The third kappa shape index (κ3) is 3.89. The van der Waals surface area contributed by atoms with Crippen molar-refractivity contribution in [1.29, 1.82) is 0 Å². The number of hydrogen-bond acceptors (Lipinski definition) is 3. The largest absolute Gasteiger partial charge is 0.496 e. The highest BCUT2D eigenvalue weighted by atomic mass is 16.5. The van der Waals surface area contributed by atoms with Gasteiger partial charge in [-0.25, -0.2) is 4.79 Å². The molecule has 1 aliphatic carbocycles. The lowest BCUT2D eigenvalue weighted by Crippen LogP contribution is -2.46.